The molecule has 0 radical (unpaired) electrons. The van der Waals surface area contributed by atoms with Gasteiger partial charge in [0.2, 0.25) is 0 Å². The third kappa shape index (κ3) is 3.26. The highest BCUT2D eigenvalue weighted by Crippen LogP contribution is 2.40. The number of nitrogens with one attached hydrogen (secondary N) is 1. The zero-order valence-corrected chi connectivity index (χ0v) is 16.8. The quantitative estimate of drug-likeness (QED) is 0.700. The maximum absolute atomic E-state index is 13.6. The molecule has 1 aliphatic heterocycles. The fraction of sp³-hybridized carbons (Fsp3) is 0.320. The van der Waals surface area contributed by atoms with Gasteiger partial charge in [0.25, 0.3) is 5.91 Å². The zero-order valence-electron chi connectivity index (χ0n) is 16.8. The first-order valence-electron chi connectivity index (χ1n) is 10.5. The molecule has 144 valence electrons. The Morgan fingerprint density at radius 3 is 2.43 bits per heavy atom. The van der Waals surface area contributed by atoms with Crippen molar-refractivity contribution >= 4 is 17.3 Å². The van der Waals surface area contributed by atoms with Gasteiger partial charge in [-0.1, -0.05) is 56.3 Å². The number of carbonyl (C=O) groups excluding carboxylic acids is 1. The minimum atomic E-state index is 0.0648. The first kappa shape index (κ1) is 18.5. The second kappa shape index (κ2) is 8.05. The van der Waals surface area contributed by atoms with Gasteiger partial charge in [0.15, 0.2) is 0 Å². The summed E-state index contributed by atoms with van der Waals surface area (Å²) in [5.41, 5.74) is 7.49. The average Bonchev–Trinajstić information content (AvgIpc) is 2.88. The molecule has 0 atom stereocenters. The van der Waals surface area contributed by atoms with Crippen LogP contribution in [0.1, 0.15) is 50.7 Å². The molecule has 3 nitrogen and oxygen atoms in total. The van der Waals surface area contributed by atoms with Crippen LogP contribution in [-0.4, -0.2) is 5.91 Å². The molecule has 1 N–H and O–H groups in total. The summed E-state index contributed by atoms with van der Waals surface area (Å²) in [4.78, 5) is 15.6. The van der Waals surface area contributed by atoms with Crippen molar-refractivity contribution in [1.82, 2.24) is 0 Å². The van der Waals surface area contributed by atoms with Crippen LogP contribution in [0.15, 0.2) is 71.6 Å². The zero-order chi connectivity index (χ0) is 19.5. The highest BCUT2D eigenvalue weighted by molar-refractivity contribution is 6.15. The van der Waals surface area contributed by atoms with E-state index in [2.05, 4.69) is 61.6 Å². The minimum absolute atomic E-state index is 0.0648. The summed E-state index contributed by atoms with van der Waals surface area (Å²) in [5.74, 6) is 0.0648. The second-order valence-corrected chi connectivity index (χ2v) is 7.45. The van der Waals surface area contributed by atoms with E-state index in [1.54, 1.807) is 0 Å². The van der Waals surface area contributed by atoms with Crippen LogP contribution >= 0.6 is 0 Å². The highest BCUT2D eigenvalue weighted by atomic mass is 16.2. The lowest BCUT2D eigenvalue weighted by Crippen LogP contribution is -2.28. The fourth-order valence-corrected chi connectivity index (χ4v) is 4.25. The number of benzene rings is 2. The largest absolute Gasteiger partial charge is 0.350 e. The lowest BCUT2D eigenvalue weighted by molar-refractivity contribution is -0.114. The third-order valence-electron chi connectivity index (χ3n) is 5.76. The van der Waals surface area contributed by atoms with Crippen LogP contribution in [0.4, 0.5) is 11.4 Å². The number of hydrogen-bond donors (Lipinski definition) is 1. The molecule has 0 bridgehead atoms. The Balaban J connectivity index is 1.79. The summed E-state index contributed by atoms with van der Waals surface area (Å²) in [6.07, 6.45) is 8.35. The second-order valence-electron chi connectivity index (χ2n) is 7.45. The molecule has 0 unspecified atom stereocenters. The van der Waals surface area contributed by atoms with Gasteiger partial charge in [0, 0.05) is 11.3 Å². The van der Waals surface area contributed by atoms with Gasteiger partial charge in [-0.05, 0) is 61.8 Å². The van der Waals surface area contributed by atoms with Crippen molar-refractivity contribution in [2.24, 2.45) is 0 Å². The molecule has 4 rings (SSSR count). The number of para-hydroxylation sites is 2. The number of fused-ring (bicyclic) bond motifs is 1. The molecule has 1 amide bonds. The predicted octanol–water partition coefficient (Wildman–Crippen LogP) is 5.98. The molecule has 2 aromatic rings. The number of carbonyl (C=O) groups is 1. The summed E-state index contributed by atoms with van der Waals surface area (Å²) >= 11 is 0. The van der Waals surface area contributed by atoms with Crippen molar-refractivity contribution in [2.45, 2.75) is 52.4 Å². The summed E-state index contributed by atoms with van der Waals surface area (Å²) in [6.45, 7) is 4.29. The number of rotatable bonds is 5. The van der Waals surface area contributed by atoms with E-state index in [0.717, 1.165) is 54.9 Å². The van der Waals surface area contributed by atoms with Crippen molar-refractivity contribution in [3.63, 3.8) is 0 Å². The van der Waals surface area contributed by atoms with Gasteiger partial charge in [-0.3, -0.25) is 9.69 Å². The lowest BCUT2D eigenvalue weighted by atomic mass is 10.1. The van der Waals surface area contributed by atoms with Gasteiger partial charge < -0.3 is 5.32 Å². The first-order chi connectivity index (χ1) is 13.7. The van der Waals surface area contributed by atoms with Gasteiger partial charge in [0.1, 0.15) is 5.70 Å². The third-order valence-corrected chi connectivity index (χ3v) is 5.76. The van der Waals surface area contributed by atoms with Gasteiger partial charge in [-0.15, -0.1) is 0 Å². The average molecular weight is 373 g/mol. The van der Waals surface area contributed by atoms with Gasteiger partial charge in [-0.2, -0.15) is 0 Å². The fourth-order valence-electron chi connectivity index (χ4n) is 4.25. The van der Waals surface area contributed by atoms with Crippen LogP contribution in [-0.2, 0) is 17.6 Å². The monoisotopic (exact) mass is 372 g/mol. The number of allylic oxidation sites excluding steroid dienone is 2. The Morgan fingerprint density at radius 2 is 1.64 bits per heavy atom. The Labute approximate surface area is 167 Å². The van der Waals surface area contributed by atoms with E-state index in [9.17, 15) is 4.79 Å². The summed E-state index contributed by atoms with van der Waals surface area (Å²) in [5, 5.41) is 3.52. The van der Waals surface area contributed by atoms with E-state index in [0.29, 0.717) is 0 Å². The Hall–Kier alpha value is -2.81. The van der Waals surface area contributed by atoms with E-state index in [1.165, 1.54) is 23.1 Å². The Kier molecular flexibility index (Phi) is 5.34. The van der Waals surface area contributed by atoms with E-state index in [4.69, 9.17) is 0 Å². The molecule has 1 aliphatic carbocycles. The van der Waals surface area contributed by atoms with Crippen LogP contribution in [0, 0.1) is 0 Å². The van der Waals surface area contributed by atoms with E-state index < -0.39 is 0 Å². The standard InChI is InChI=1S/C25H28N2O/c1-3-18-12-8-10-15-21(18)26-24-20-14-6-5-7-17-23(20)27(25(24)28)22-16-11-9-13-19(22)4-2/h8-13,15-17,26H,3-7,14H2,1-2H3. The predicted molar refractivity (Wildman–Crippen MR) is 116 cm³/mol. The maximum atomic E-state index is 13.6. The van der Waals surface area contributed by atoms with Crippen molar-refractivity contribution in [2.75, 3.05) is 10.2 Å². The Morgan fingerprint density at radius 1 is 0.929 bits per heavy atom. The molecule has 2 aromatic carbocycles. The summed E-state index contributed by atoms with van der Waals surface area (Å²) < 4.78 is 0. The molecular formula is C25H28N2O. The van der Waals surface area contributed by atoms with Crippen LogP contribution in [0.25, 0.3) is 0 Å². The molecule has 2 aliphatic rings. The number of hydrogen-bond acceptors (Lipinski definition) is 2. The summed E-state index contributed by atoms with van der Waals surface area (Å²) in [7, 11) is 0. The van der Waals surface area contributed by atoms with E-state index >= 15 is 0 Å². The van der Waals surface area contributed by atoms with Gasteiger partial charge in [0.05, 0.1) is 11.4 Å². The van der Waals surface area contributed by atoms with Crippen LogP contribution in [0.3, 0.4) is 0 Å². The van der Waals surface area contributed by atoms with Gasteiger partial charge in [-0.25, -0.2) is 0 Å². The van der Waals surface area contributed by atoms with Crippen LogP contribution in [0.5, 0.6) is 0 Å². The minimum Gasteiger partial charge on any atom is -0.350 e. The van der Waals surface area contributed by atoms with E-state index in [-0.39, 0.29) is 5.91 Å². The SMILES string of the molecule is CCc1ccccc1NC1=C2CCCCC=C2N(c2ccccc2CC)C1=O. The van der Waals surface area contributed by atoms with Crippen LogP contribution < -0.4 is 10.2 Å². The van der Waals surface area contributed by atoms with Crippen molar-refractivity contribution in [3.8, 4) is 0 Å². The number of aryl methyl sites for hydroxylation is 2. The van der Waals surface area contributed by atoms with E-state index in [1.807, 2.05) is 17.0 Å². The molecule has 0 saturated heterocycles. The number of nitrogens with zero attached hydrogens (tertiary/aromatic N) is 1. The molecule has 0 spiro atoms. The molecule has 0 fully saturated rings. The van der Waals surface area contributed by atoms with Crippen molar-refractivity contribution < 1.29 is 4.79 Å². The molecule has 3 heteroatoms. The molecule has 0 saturated carbocycles. The van der Waals surface area contributed by atoms with Crippen molar-refractivity contribution in [1.29, 1.82) is 0 Å². The first-order valence-corrected chi connectivity index (χ1v) is 10.5. The van der Waals surface area contributed by atoms with Crippen LogP contribution in [0.2, 0.25) is 0 Å². The maximum Gasteiger partial charge on any atom is 0.279 e. The summed E-state index contributed by atoms with van der Waals surface area (Å²) in [6, 6.07) is 16.6. The topological polar surface area (TPSA) is 32.3 Å². The van der Waals surface area contributed by atoms with Crippen molar-refractivity contribution in [3.05, 3.63) is 82.7 Å². The normalized spacial score (nSPS) is 16.7. The number of anilines is 2. The lowest BCUT2D eigenvalue weighted by Gasteiger charge is -2.22. The molecule has 0 aromatic heterocycles. The highest BCUT2D eigenvalue weighted by Gasteiger charge is 2.37. The molecule has 28 heavy (non-hydrogen) atoms. The number of amides is 1. The Bertz CT molecular complexity index is 955. The molecule has 1 heterocycles. The van der Waals surface area contributed by atoms with Gasteiger partial charge >= 0.3 is 0 Å². The smallest absolute Gasteiger partial charge is 0.279 e. The molecular weight excluding hydrogens is 344 g/mol.